The Morgan fingerprint density at radius 1 is 1.15 bits per heavy atom. The lowest BCUT2D eigenvalue weighted by molar-refractivity contribution is -0.125. The number of nitrogens with one attached hydrogen (secondary N) is 2. The summed E-state index contributed by atoms with van der Waals surface area (Å²) in [6.07, 6.45) is 8.28. The third-order valence-corrected chi connectivity index (χ3v) is 8.66. The first kappa shape index (κ1) is 28.7. The van der Waals surface area contributed by atoms with E-state index in [1.54, 1.807) is 55.2 Å². The molecular weight excluding hydrogens is 536 g/mol. The Labute approximate surface area is 246 Å². The predicted molar refractivity (Wildman–Crippen MR) is 164 cm³/mol. The number of carbonyl (C=O) groups excluding carboxylic acids is 2. The molecule has 0 saturated heterocycles. The van der Waals surface area contributed by atoms with Crippen LogP contribution >= 0.6 is 11.8 Å². The average Bonchev–Trinajstić information content (AvgIpc) is 3.51. The van der Waals surface area contributed by atoms with Crippen LogP contribution in [0.1, 0.15) is 55.5 Å². The lowest BCUT2D eigenvalue weighted by Gasteiger charge is -2.34. The van der Waals surface area contributed by atoms with Crippen LogP contribution in [0.3, 0.4) is 0 Å². The van der Waals surface area contributed by atoms with Gasteiger partial charge in [-0.3, -0.25) is 9.59 Å². The van der Waals surface area contributed by atoms with Gasteiger partial charge < -0.3 is 25.2 Å². The largest absolute Gasteiger partial charge is 0.495 e. The number of hydrogen-bond donors (Lipinski definition) is 2. The van der Waals surface area contributed by atoms with Crippen molar-refractivity contribution < 1.29 is 14.3 Å². The highest BCUT2D eigenvalue weighted by molar-refractivity contribution is 7.98. The first-order valence-electron chi connectivity index (χ1n) is 14.0. The second-order valence-corrected chi connectivity index (χ2v) is 12.2. The maximum atomic E-state index is 13.3. The monoisotopic (exact) mass is 574 g/mol. The fourth-order valence-corrected chi connectivity index (χ4v) is 6.02. The number of rotatable bonds is 8. The van der Waals surface area contributed by atoms with Crippen molar-refractivity contribution in [2.24, 2.45) is 5.41 Å². The molecule has 2 aliphatic rings. The molecule has 1 aromatic heterocycles. The van der Waals surface area contributed by atoms with Crippen molar-refractivity contribution in [3.8, 4) is 5.75 Å². The molecule has 0 radical (unpaired) electrons. The lowest BCUT2D eigenvalue weighted by Crippen LogP contribution is -2.45. The van der Waals surface area contributed by atoms with E-state index in [1.165, 1.54) is 17.7 Å². The lowest BCUT2D eigenvalue weighted by atomic mass is 9.91. The summed E-state index contributed by atoms with van der Waals surface area (Å²) in [6, 6.07) is 13.7. The first-order valence-corrected chi connectivity index (χ1v) is 15.2. The van der Waals surface area contributed by atoms with Crippen LogP contribution in [-0.4, -0.2) is 54.8 Å². The zero-order chi connectivity index (χ0) is 29.1. The number of aromatic nitrogens is 2. The molecule has 2 heterocycles. The van der Waals surface area contributed by atoms with Crippen molar-refractivity contribution in [2.45, 2.75) is 57.0 Å². The van der Waals surface area contributed by atoms with Gasteiger partial charge in [-0.05, 0) is 68.8 Å². The number of thioether (sulfide) groups is 1. The van der Waals surface area contributed by atoms with Crippen molar-refractivity contribution in [3.05, 3.63) is 59.8 Å². The van der Waals surface area contributed by atoms with Crippen molar-refractivity contribution in [1.29, 1.82) is 0 Å². The molecule has 1 fully saturated rings. The summed E-state index contributed by atoms with van der Waals surface area (Å²) in [5.74, 6) is 1.53. The van der Waals surface area contributed by atoms with E-state index < -0.39 is 5.41 Å². The van der Waals surface area contributed by atoms with Gasteiger partial charge >= 0.3 is 0 Å². The molecule has 10 heteroatoms. The summed E-state index contributed by atoms with van der Waals surface area (Å²) in [5, 5.41) is 6.25. The third-order valence-electron chi connectivity index (χ3n) is 7.92. The minimum atomic E-state index is -0.552. The molecule has 0 unspecified atom stereocenters. The van der Waals surface area contributed by atoms with Gasteiger partial charge in [0, 0.05) is 36.6 Å². The van der Waals surface area contributed by atoms with E-state index in [9.17, 15) is 9.59 Å². The van der Waals surface area contributed by atoms with Crippen LogP contribution in [-0.2, 0) is 11.3 Å². The highest BCUT2D eigenvalue weighted by atomic mass is 32.2. The van der Waals surface area contributed by atoms with Gasteiger partial charge in [-0.25, -0.2) is 4.98 Å². The highest BCUT2D eigenvalue weighted by Gasteiger charge is 2.41. The molecule has 0 bridgehead atoms. The topological polar surface area (TPSA) is 99.7 Å². The van der Waals surface area contributed by atoms with Gasteiger partial charge in [-0.2, -0.15) is 4.98 Å². The Bertz CT molecular complexity index is 1420. The number of hydrogen-bond acceptors (Lipinski definition) is 8. The molecule has 2 aromatic carbocycles. The fraction of sp³-hybridized carbons (Fsp3) is 0.419. The minimum Gasteiger partial charge on any atom is -0.495 e. The Balaban J connectivity index is 1.36. The van der Waals surface area contributed by atoms with Crippen molar-refractivity contribution in [1.82, 2.24) is 15.3 Å². The summed E-state index contributed by atoms with van der Waals surface area (Å²) >= 11 is 1.68. The Kier molecular flexibility index (Phi) is 8.40. The van der Waals surface area contributed by atoms with Gasteiger partial charge in [0.1, 0.15) is 11.4 Å². The van der Waals surface area contributed by atoms with Crippen LogP contribution in [0.15, 0.2) is 53.6 Å². The van der Waals surface area contributed by atoms with Gasteiger partial charge in [0.05, 0.1) is 24.4 Å². The van der Waals surface area contributed by atoms with Crippen molar-refractivity contribution >= 4 is 46.7 Å². The molecule has 216 valence electrons. The van der Waals surface area contributed by atoms with Gasteiger partial charge in [0.15, 0.2) is 5.82 Å². The number of methoxy groups -OCH3 is 1. The van der Waals surface area contributed by atoms with Gasteiger partial charge in [-0.15, -0.1) is 11.8 Å². The number of anilines is 4. The van der Waals surface area contributed by atoms with Crippen LogP contribution in [0.2, 0.25) is 0 Å². The van der Waals surface area contributed by atoms with Crippen LogP contribution in [0, 0.1) is 5.41 Å². The van der Waals surface area contributed by atoms with Crippen LogP contribution < -0.4 is 25.2 Å². The summed E-state index contributed by atoms with van der Waals surface area (Å²) in [5.41, 5.74) is 2.32. The second kappa shape index (κ2) is 12.0. The Hall–Kier alpha value is -3.79. The smallest absolute Gasteiger partial charge is 0.251 e. The molecule has 41 heavy (non-hydrogen) atoms. The maximum absolute atomic E-state index is 13.3. The SMILES string of the molecule is COc1cc(C(=O)NCc2ccc(SC)cc2)ccc1Nc1ncc2c(n1)N(C1CCCC1)CC(C)(C)C(=O)N2C. The molecule has 2 amide bonds. The number of fused-ring (bicyclic) bond motifs is 1. The van der Waals surface area contributed by atoms with Crippen LogP contribution in [0.5, 0.6) is 5.75 Å². The summed E-state index contributed by atoms with van der Waals surface area (Å²) in [4.78, 5) is 40.8. The quantitative estimate of drug-likeness (QED) is 0.334. The van der Waals surface area contributed by atoms with Gasteiger partial charge in [-0.1, -0.05) is 25.0 Å². The molecule has 0 spiro atoms. The number of carbonyl (C=O) groups is 2. The molecule has 1 aliphatic carbocycles. The average molecular weight is 575 g/mol. The number of nitrogens with zero attached hydrogens (tertiary/aromatic N) is 4. The highest BCUT2D eigenvalue weighted by Crippen LogP contribution is 2.40. The van der Waals surface area contributed by atoms with Gasteiger partial charge in [0.2, 0.25) is 11.9 Å². The normalized spacial score (nSPS) is 16.8. The molecule has 1 saturated carbocycles. The standard InChI is InChI=1S/C31H38N6O3S/c1-31(2)19-37(22-8-6-7-9-22)27-25(36(3)29(31)39)18-33-30(35-27)34-24-15-12-21(16-26(24)40-4)28(38)32-17-20-10-13-23(41-5)14-11-20/h10-16,18,22H,6-9,17,19H2,1-5H3,(H,32,38)(H,33,34,35). The van der Waals surface area contributed by atoms with E-state index in [0.29, 0.717) is 47.8 Å². The molecule has 2 N–H and O–H groups in total. The molecular formula is C31H38N6O3S. The van der Waals surface area contributed by atoms with Crippen LogP contribution in [0.25, 0.3) is 0 Å². The van der Waals surface area contributed by atoms with E-state index in [0.717, 1.165) is 24.2 Å². The van der Waals surface area contributed by atoms with E-state index in [2.05, 4.69) is 20.5 Å². The summed E-state index contributed by atoms with van der Waals surface area (Å²) in [6.45, 7) is 5.02. The maximum Gasteiger partial charge on any atom is 0.251 e. The molecule has 1 aliphatic heterocycles. The number of amides is 2. The van der Waals surface area contributed by atoms with Crippen LogP contribution in [0.4, 0.5) is 23.1 Å². The third kappa shape index (κ3) is 6.12. The molecule has 9 nitrogen and oxygen atoms in total. The first-order chi connectivity index (χ1) is 19.7. The minimum absolute atomic E-state index is 0.0519. The van der Waals surface area contributed by atoms with E-state index in [-0.39, 0.29) is 11.8 Å². The molecule has 5 rings (SSSR count). The Morgan fingerprint density at radius 3 is 2.56 bits per heavy atom. The number of benzene rings is 2. The fourth-order valence-electron chi connectivity index (χ4n) is 5.61. The Morgan fingerprint density at radius 2 is 1.88 bits per heavy atom. The predicted octanol–water partition coefficient (Wildman–Crippen LogP) is 5.63. The molecule has 0 atom stereocenters. The van der Waals surface area contributed by atoms with Crippen molar-refractivity contribution in [3.63, 3.8) is 0 Å². The van der Waals surface area contributed by atoms with E-state index >= 15 is 0 Å². The summed E-state index contributed by atoms with van der Waals surface area (Å²) in [7, 11) is 3.36. The zero-order valence-electron chi connectivity index (χ0n) is 24.4. The molecule has 3 aromatic rings. The zero-order valence-corrected chi connectivity index (χ0v) is 25.2. The number of ether oxygens (including phenoxy) is 1. The van der Waals surface area contributed by atoms with E-state index in [1.807, 2.05) is 44.4 Å². The second-order valence-electron chi connectivity index (χ2n) is 11.3. The van der Waals surface area contributed by atoms with Gasteiger partial charge in [0.25, 0.3) is 5.91 Å². The van der Waals surface area contributed by atoms with E-state index in [4.69, 9.17) is 9.72 Å². The van der Waals surface area contributed by atoms with Crippen molar-refractivity contribution in [2.75, 3.05) is 42.1 Å². The summed E-state index contributed by atoms with van der Waals surface area (Å²) < 4.78 is 5.63.